The van der Waals surface area contributed by atoms with E-state index in [2.05, 4.69) is 5.32 Å². The van der Waals surface area contributed by atoms with Crippen LogP contribution in [0.3, 0.4) is 0 Å². The van der Waals surface area contributed by atoms with Crippen molar-refractivity contribution in [2.45, 2.75) is 45.1 Å². The number of benzene rings is 1. The number of hydrogen-bond donors (Lipinski definition) is 2. The van der Waals surface area contributed by atoms with Crippen LogP contribution in [0.4, 0.5) is 4.39 Å². The minimum Gasteiger partial charge on any atom is -0.355 e. The zero-order chi connectivity index (χ0) is 15.3. The van der Waals surface area contributed by atoms with Crippen molar-refractivity contribution < 1.29 is 9.18 Å². The molecule has 1 rings (SSSR count). The molecule has 3 nitrogen and oxygen atoms in total. The quantitative estimate of drug-likeness (QED) is 0.848. The van der Waals surface area contributed by atoms with Crippen molar-refractivity contribution in [1.82, 2.24) is 5.32 Å². The SMILES string of the molecule is CC(N)CCC(=O)NCC(C)(C)c1ccc(F)cc1Cl. The summed E-state index contributed by atoms with van der Waals surface area (Å²) in [5, 5.41) is 3.25. The maximum absolute atomic E-state index is 13.1. The highest BCUT2D eigenvalue weighted by Gasteiger charge is 2.24. The summed E-state index contributed by atoms with van der Waals surface area (Å²) < 4.78 is 13.1. The number of carbonyl (C=O) groups excluding carboxylic acids is 1. The minimum absolute atomic E-state index is 0.0142. The average molecular weight is 301 g/mol. The number of amides is 1. The number of nitrogens with two attached hydrogens (primary N) is 1. The van der Waals surface area contributed by atoms with E-state index in [0.717, 1.165) is 5.56 Å². The highest BCUT2D eigenvalue weighted by molar-refractivity contribution is 6.31. The lowest BCUT2D eigenvalue weighted by atomic mass is 9.84. The lowest BCUT2D eigenvalue weighted by molar-refractivity contribution is -0.121. The van der Waals surface area contributed by atoms with Gasteiger partial charge in [-0.1, -0.05) is 31.5 Å². The molecule has 0 saturated heterocycles. The zero-order valence-electron chi connectivity index (χ0n) is 12.2. The number of halogens is 2. The molecule has 20 heavy (non-hydrogen) atoms. The average Bonchev–Trinajstić information content (AvgIpc) is 2.33. The lowest BCUT2D eigenvalue weighted by Crippen LogP contribution is -2.37. The predicted molar refractivity (Wildman–Crippen MR) is 80.3 cm³/mol. The molecule has 0 aliphatic carbocycles. The molecule has 0 bridgehead atoms. The smallest absolute Gasteiger partial charge is 0.220 e. The maximum atomic E-state index is 13.1. The van der Waals surface area contributed by atoms with Crippen molar-refractivity contribution in [1.29, 1.82) is 0 Å². The fourth-order valence-corrected chi connectivity index (χ4v) is 2.32. The van der Waals surface area contributed by atoms with Gasteiger partial charge in [-0.05, 0) is 31.0 Å². The monoisotopic (exact) mass is 300 g/mol. The normalized spacial score (nSPS) is 13.1. The van der Waals surface area contributed by atoms with E-state index in [-0.39, 0.29) is 23.2 Å². The fraction of sp³-hybridized carbons (Fsp3) is 0.533. The Bertz CT molecular complexity index is 475. The van der Waals surface area contributed by atoms with Crippen molar-refractivity contribution in [3.05, 3.63) is 34.6 Å². The molecular weight excluding hydrogens is 279 g/mol. The summed E-state index contributed by atoms with van der Waals surface area (Å²) >= 11 is 6.06. The number of carbonyl (C=O) groups is 1. The Balaban J connectivity index is 2.63. The van der Waals surface area contributed by atoms with Crippen molar-refractivity contribution >= 4 is 17.5 Å². The van der Waals surface area contributed by atoms with Crippen LogP contribution in [0, 0.1) is 5.82 Å². The van der Waals surface area contributed by atoms with Gasteiger partial charge in [0.2, 0.25) is 5.91 Å². The summed E-state index contributed by atoms with van der Waals surface area (Å²) in [7, 11) is 0. The fourth-order valence-electron chi connectivity index (χ4n) is 1.90. The van der Waals surface area contributed by atoms with Crippen LogP contribution in [0.25, 0.3) is 0 Å². The highest BCUT2D eigenvalue weighted by Crippen LogP contribution is 2.29. The number of rotatable bonds is 6. The topological polar surface area (TPSA) is 55.1 Å². The molecule has 3 N–H and O–H groups in total. The molecule has 0 saturated carbocycles. The van der Waals surface area contributed by atoms with E-state index in [0.29, 0.717) is 24.4 Å². The van der Waals surface area contributed by atoms with E-state index in [1.807, 2.05) is 20.8 Å². The van der Waals surface area contributed by atoms with Crippen LogP contribution in [0.5, 0.6) is 0 Å². The van der Waals surface area contributed by atoms with Gasteiger partial charge < -0.3 is 11.1 Å². The second kappa shape index (κ2) is 7.04. The van der Waals surface area contributed by atoms with E-state index < -0.39 is 0 Å². The summed E-state index contributed by atoms with van der Waals surface area (Å²) in [5.74, 6) is -0.399. The van der Waals surface area contributed by atoms with Crippen LogP contribution in [0.2, 0.25) is 5.02 Å². The molecule has 0 aromatic heterocycles. The van der Waals surface area contributed by atoms with Crippen molar-refractivity contribution in [2.24, 2.45) is 5.73 Å². The first-order valence-corrected chi connectivity index (χ1v) is 7.08. The molecule has 0 spiro atoms. The van der Waals surface area contributed by atoms with E-state index >= 15 is 0 Å². The Morgan fingerprint density at radius 2 is 2.15 bits per heavy atom. The van der Waals surface area contributed by atoms with Crippen molar-refractivity contribution in [2.75, 3.05) is 6.54 Å². The molecule has 0 radical (unpaired) electrons. The van der Waals surface area contributed by atoms with Crippen LogP contribution >= 0.6 is 11.6 Å². The Morgan fingerprint density at radius 1 is 1.50 bits per heavy atom. The molecule has 1 aromatic rings. The van der Waals surface area contributed by atoms with Crippen LogP contribution in [0.15, 0.2) is 18.2 Å². The van der Waals surface area contributed by atoms with Crippen LogP contribution in [-0.4, -0.2) is 18.5 Å². The molecule has 112 valence electrons. The summed E-state index contributed by atoms with van der Waals surface area (Å²) in [5.41, 5.74) is 6.06. The first-order chi connectivity index (χ1) is 9.22. The summed E-state index contributed by atoms with van der Waals surface area (Å²) in [6, 6.07) is 4.34. The summed E-state index contributed by atoms with van der Waals surface area (Å²) in [6.07, 6.45) is 1.06. The van der Waals surface area contributed by atoms with Gasteiger partial charge in [0.25, 0.3) is 0 Å². The Kier molecular flexibility index (Phi) is 5.96. The van der Waals surface area contributed by atoms with Crippen LogP contribution < -0.4 is 11.1 Å². The molecular formula is C15H22ClFN2O. The van der Waals surface area contributed by atoms with Gasteiger partial charge in [0.15, 0.2) is 0 Å². The van der Waals surface area contributed by atoms with E-state index in [1.165, 1.54) is 12.1 Å². The Hall–Kier alpha value is -1.13. The van der Waals surface area contributed by atoms with E-state index in [1.54, 1.807) is 6.07 Å². The van der Waals surface area contributed by atoms with Gasteiger partial charge >= 0.3 is 0 Å². The van der Waals surface area contributed by atoms with Gasteiger partial charge in [-0.3, -0.25) is 4.79 Å². The van der Waals surface area contributed by atoms with Crippen molar-refractivity contribution in [3.63, 3.8) is 0 Å². The van der Waals surface area contributed by atoms with Crippen LogP contribution in [-0.2, 0) is 10.2 Å². The van der Waals surface area contributed by atoms with Gasteiger partial charge in [-0.25, -0.2) is 4.39 Å². The molecule has 1 aromatic carbocycles. The highest BCUT2D eigenvalue weighted by atomic mass is 35.5. The third kappa shape index (κ3) is 5.10. The molecule has 0 heterocycles. The van der Waals surface area contributed by atoms with E-state index in [4.69, 9.17) is 17.3 Å². The first-order valence-electron chi connectivity index (χ1n) is 6.70. The van der Waals surface area contributed by atoms with Gasteiger partial charge in [0, 0.05) is 29.4 Å². The minimum atomic E-state index is -0.366. The Morgan fingerprint density at radius 3 is 2.70 bits per heavy atom. The zero-order valence-corrected chi connectivity index (χ0v) is 12.9. The Labute approximate surface area is 124 Å². The molecule has 5 heteroatoms. The molecule has 1 unspecified atom stereocenters. The largest absolute Gasteiger partial charge is 0.355 e. The van der Waals surface area contributed by atoms with E-state index in [9.17, 15) is 9.18 Å². The van der Waals surface area contributed by atoms with Gasteiger partial charge in [-0.2, -0.15) is 0 Å². The standard InChI is InChI=1S/C15H22ClFN2O/c1-10(18)4-7-14(20)19-9-15(2,3)12-6-5-11(17)8-13(12)16/h5-6,8,10H,4,7,9,18H2,1-3H3,(H,19,20). The molecule has 1 atom stereocenters. The van der Waals surface area contributed by atoms with Crippen LogP contribution in [0.1, 0.15) is 39.2 Å². The number of hydrogen-bond acceptors (Lipinski definition) is 2. The number of nitrogens with one attached hydrogen (secondary N) is 1. The molecule has 1 amide bonds. The second-order valence-electron chi connectivity index (χ2n) is 5.80. The van der Waals surface area contributed by atoms with Gasteiger partial charge in [-0.15, -0.1) is 0 Å². The van der Waals surface area contributed by atoms with Gasteiger partial charge in [0.1, 0.15) is 5.82 Å². The summed E-state index contributed by atoms with van der Waals surface area (Å²) in [4.78, 5) is 11.7. The predicted octanol–water partition coefficient (Wildman–Crippen LogP) is 3.00. The van der Waals surface area contributed by atoms with Gasteiger partial charge in [0.05, 0.1) is 0 Å². The third-order valence-electron chi connectivity index (χ3n) is 3.21. The molecule has 0 aliphatic heterocycles. The first kappa shape index (κ1) is 16.9. The third-order valence-corrected chi connectivity index (χ3v) is 3.53. The molecule has 0 aliphatic rings. The van der Waals surface area contributed by atoms with Crippen molar-refractivity contribution in [3.8, 4) is 0 Å². The lowest BCUT2D eigenvalue weighted by Gasteiger charge is -2.26. The maximum Gasteiger partial charge on any atom is 0.220 e. The molecule has 0 fully saturated rings. The second-order valence-corrected chi connectivity index (χ2v) is 6.21. The summed E-state index contributed by atoms with van der Waals surface area (Å²) in [6.45, 7) is 6.22.